The molecule has 3 atom stereocenters. The minimum atomic E-state index is -0.951. The standard InChI is InChI=1S/C10H20N2O4S/c1-7(6-9(13)14)12-10(15)11-5-4-8(2)17(3)16/h7-8H,4-6H2,1-3H3,(H,13,14)(H2,11,12,15). The summed E-state index contributed by atoms with van der Waals surface area (Å²) in [6.07, 6.45) is 2.15. The van der Waals surface area contributed by atoms with Gasteiger partial charge >= 0.3 is 12.0 Å². The Labute approximate surface area is 104 Å². The molecule has 3 N–H and O–H groups in total. The van der Waals surface area contributed by atoms with E-state index >= 15 is 0 Å². The molecule has 0 radical (unpaired) electrons. The van der Waals surface area contributed by atoms with E-state index in [-0.39, 0.29) is 11.7 Å². The molecule has 6 nitrogen and oxygen atoms in total. The first kappa shape index (κ1) is 15.9. The van der Waals surface area contributed by atoms with Crippen molar-refractivity contribution < 1.29 is 18.9 Å². The lowest BCUT2D eigenvalue weighted by atomic mass is 10.2. The molecule has 0 saturated carbocycles. The Morgan fingerprint density at radius 2 is 1.94 bits per heavy atom. The maximum Gasteiger partial charge on any atom is 0.315 e. The topological polar surface area (TPSA) is 95.5 Å². The number of carbonyl (C=O) groups is 2. The Morgan fingerprint density at radius 3 is 2.41 bits per heavy atom. The fourth-order valence-electron chi connectivity index (χ4n) is 1.14. The SMILES string of the molecule is CC(CC(=O)O)NC(=O)NCCC(C)S(C)=O. The van der Waals surface area contributed by atoms with Crippen LogP contribution in [0.4, 0.5) is 4.79 Å². The molecule has 0 spiro atoms. The Balaban J connectivity index is 3.73. The number of hydrogen-bond donors (Lipinski definition) is 3. The maximum atomic E-state index is 11.3. The largest absolute Gasteiger partial charge is 0.481 e. The predicted octanol–water partition coefficient (Wildman–Crippen LogP) is 0.306. The predicted molar refractivity (Wildman–Crippen MR) is 66.4 cm³/mol. The minimum Gasteiger partial charge on any atom is -0.481 e. The van der Waals surface area contributed by atoms with E-state index in [1.165, 1.54) is 0 Å². The van der Waals surface area contributed by atoms with Gasteiger partial charge in [0.15, 0.2) is 0 Å². The van der Waals surface area contributed by atoms with Crippen LogP contribution in [0.1, 0.15) is 26.7 Å². The van der Waals surface area contributed by atoms with Crippen molar-refractivity contribution in [2.45, 2.75) is 38.0 Å². The quantitative estimate of drug-likeness (QED) is 0.616. The van der Waals surface area contributed by atoms with Gasteiger partial charge in [0.05, 0.1) is 6.42 Å². The number of urea groups is 1. The van der Waals surface area contributed by atoms with E-state index in [9.17, 15) is 13.8 Å². The molecule has 3 unspecified atom stereocenters. The first-order valence-corrected chi connectivity index (χ1v) is 7.03. The zero-order valence-corrected chi connectivity index (χ0v) is 11.2. The van der Waals surface area contributed by atoms with Crippen LogP contribution in [0, 0.1) is 0 Å². The van der Waals surface area contributed by atoms with E-state index in [0.29, 0.717) is 13.0 Å². The Hall–Kier alpha value is -1.11. The van der Waals surface area contributed by atoms with E-state index in [2.05, 4.69) is 10.6 Å². The van der Waals surface area contributed by atoms with Crippen molar-refractivity contribution in [2.75, 3.05) is 12.8 Å². The second-order valence-corrected chi connectivity index (χ2v) is 5.80. The molecular formula is C10H20N2O4S. The molecule has 0 aliphatic heterocycles. The molecule has 0 aromatic heterocycles. The number of carbonyl (C=O) groups excluding carboxylic acids is 1. The summed E-state index contributed by atoms with van der Waals surface area (Å²) >= 11 is 0. The van der Waals surface area contributed by atoms with Gasteiger partial charge < -0.3 is 15.7 Å². The summed E-state index contributed by atoms with van der Waals surface area (Å²) in [5.74, 6) is -0.951. The first-order valence-electron chi connectivity index (χ1n) is 5.41. The Morgan fingerprint density at radius 1 is 1.35 bits per heavy atom. The summed E-state index contributed by atoms with van der Waals surface area (Å²) in [4.78, 5) is 21.7. The van der Waals surface area contributed by atoms with Gasteiger partial charge in [-0.2, -0.15) is 0 Å². The van der Waals surface area contributed by atoms with Crippen LogP contribution in [-0.2, 0) is 15.6 Å². The van der Waals surface area contributed by atoms with Crippen LogP contribution in [0.25, 0.3) is 0 Å². The molecule has 0 bridgehead atoms. The van der Waals surface area contributed by atoms with Crippen molar-refractivity contribution in [3.63, 3.8) is 0 Å². The maximum absolute atomic E-state index is 11.3. The van der Waals surface area contributed by atoms with Crippen LogP contribution >= 0.6 is 0 Å². The van der Waals surface area contributed by atoms with Gasteiger partial charge in [0.25, 0.3) is 0 Å². The summed E-state index contributed by atoms with van der Waals surface area (Å²) in [5.41, 5.74) is 0. The lowest BCUT2D eigenvalue weighted by molar-refractivity contribution is -0.137. The number of amides is 2. The molecule has 0 aromatic carbocycles. The van der Waals surface area contributed by atoms with E-state index in [0.717, 1.165) is 0 Å². The van der Waals surface area contributed by atoms with Crippen molar-refractivity contribution >= 4 is 22.8 Å². The number of rotatable bonds is 7. The third-order valence-corrected chi connectivity index (χ3v) is 3.63. The molecule has 2 amide bonds. The molecule has 0 aliphatic rings. The van der Waals surface area contributed by atoms with Gasteiger partial charge in [0, 0.05) is 34.9 Å². The summed E-state index contributed by atoms with van der Waals surface area (Å²) in [6.45, 7) is 3.90. The molecular weight excluding hydrogens is 244 g/mol. The summed E-state index contributed by atoms with van der Waals surface area (Å²) < 4.78 is 11.0. The number of aliphatic carboxylic acids is 1. The second kappa shape index (κ2) is 8.05. The molecule has 17 heavy (non-hydrogen) atoms. The zero-order valence-electron chi connectivity index (χ0n) is 10.4. The van der Waals surface area contributed by atoms with Gasteiger partial charge in [0.2, 0.25) is 0 Å². The molecule has 0 aromatic rings. The van der Waals surface area contributed by atoms with Crippen LogP contribution < -0.4 is 10.6 Å². The second-order valence-electron chi connectivity index (χ2n) is 4.00. The highest BCUT2D eigenvalue weighted by molar-refractivity contribution is 7.84. The highest BCUT2D eigenvalue weighted by atomic mass is 32.2. The highest BCUT2D eigenvalue weighted by Crippen LogP contribution is 1.97. The van der Waals surface area contributed by atoms with Gasteiger partial charge in [-0.15, -0.1) is 0 Å². The fourth-order valence-corrected chi connectivity index (χ4v) is 1.59. The first-order chi connectivity index (χ1) is 7.82. The van der Waals surface area contributed by atoms with E-state index in [4.69, 9.17) is 5.11 Å². The van der Waals surface area contributed by atoms with Crippen LogP contribution in [0.3, 0.4) is 0 Å². The zero-order chi connectivity index (χ0) is 13.4. The van der Waals surface area contributed by atoms with Crippen LogP contribution in [-0.4, -0.2) is 45.4 Å². The summed E-state index contributed by atoms with van der Waals surface area (Å²) in [6, 6.07) is -0.807. The van der Waals surface area contributed by atoms with Crippen molar-refractivity contribution in [1.29, 1.82) is 0 Å². The monoisotopic (exact) mass is 264 g/mol. The van der Waals surface area contributed by atoms with Crippen molar-refractivity contribution in [3.05, 3.63) is 0 Å². The van der Waals surface area contributed by atoms with E-state index < -0.39 is 28.8 Å². The molecule has 0 saturated heterocycles. The van der Waals surface area contributed by atoms with Crippen molar-refractivity contribution in [2.24, 2.45) is 0 Å². The molecule has 0 heterocycles. The van der Waals surface area contributed by atoms with Crippen LogP contribution in [0.2, 0.25) is 0 Å². The number of carboxylic acids is 1. The average Bonchev–Trinajstić information content (AvgIpc) is 2.15. The van der Waals surface area contributed by atoms with Crippen molar-refractivity contribution in [1.82, 2.24) is 10.6 Å². The smallest absolute Gasteiger partial charge is 0.315 e. The lowest BCUT2D eigenvalue weighted by Crippen LogP contribution is -2.42. The van der Waals surface area contributed by atoms with Crippen molar-refractivity contribution in [3.8, 4) is 0 Å². The summed E-state index contributed by atoms with van der Waals surface area (Å²) in [7, 11) is -0.893. The minimum absolute atomic E-state index is 0.0340. The van der Waals surface area contributed by atoms with Crippen LogP contribution in [0.5, 0.6) is 0 Å². The molecule has 7 heteroatoms. The number of hydrogen-bond acceptors (Lipinski definition) is 3. The van der Waals surface area contributed by atoms with Gasteiger partial charge in [-0.25, -0.2) is 4.79 Å². The Kier molecular flexibility index (Phi) is 7.53. The molecule has 100 valence electrons. The highest BCUT2D eigenvalue weighted by Gasteiger charge is 2.11. The molecule has 0 rings (SSSR count). The van der Waals surface area contributed by atoms with Gasteiger partial charge in [-0.05, 0) is 13.3 Å². The van der Waals surface area contributed by atoms with Crippen LogP contribution in [0.15, 0.2) is 0 Å². The Bertz CT molecular complexity index is 296. The normalized spacial score (nSPS) is 15.7. The van der Waals surface area contributed by atoms with E-state index in [1.807, 2.05) is 6.92 Å². The van der Waals surface area contributed by atoms with Gasteiger partial charge in [-0.1, -0.05) is 6.92 Å². The molecule has 0 aliphatic carbocycles. The van der Waals surface area contributed by atoms with Gasteiger partial charge in [0.1, 0.15) is 0 Å². The molecule has 0 fully saturated rings. The lowest BCUT2D eigenvalue weighted by Gasteiger charge is -2.13. The number of nitrogens with one attached hydrogen (secondary N) is 2. The number of carboxylic acid groups (broad SMARTS) is 1. The van der Waals surface area contributed by atoms with E-state index in [1.54, 1.807) is 13.2 Å². The fraction of sp³-hybridized carbons (Fsp3) is 0.800. The average molecular weight is 264 g/mol. The summed E-state index contributed by atoms with van der Waals surface area (Å²) in [5, 5.41) is 13.6. The van der Waals surface area contributed by atoms with Gasteiger partial charge in [-0.3, -0.25) is 9.00 Å². The third-order valence-electron chi connectivity index (χ3n) is 2.26. The third kappa shape index (κ3) is 8.67.